The maximum atomic E-state index is 13.4. The predicted octanol–water partition coefficient (Wildman–Crippen LogP) is 3.73. The highest BCUT2D eigenvalue weighted by atomic mass is 35.5. The Labute approximate surface area is 121 Å². The van der Waals surface area contributed by atoms with Gasteiger partial charge < -0.3 is 11.1 Å². The van der Waals surface area contributed by atoms with E-state index in [0.717, 1.165) is 0 Å². The molecule has 0 bridgehead atoms. The summed E-state index contributed by atoms with van der Waals surface area (Å²) in [5.41, 5.74) is 4.31. The SMILES string of the molecule is Nc1ccc(C(=O)Nc2c(F)c(F)cc(F)c2F)c(Cl)c1. The zero-order valence-electron chi connectivity index (χ0n) is 10.2. The molecule has 8 heteroatoms. The monoisotopic (exact) mass is 318 g/mol. The highest BCUT2D eigenvalue weighted by Crippen LogP contribution is 2.26. The van der Waals surface area contributed by atoms with Gasteiger partial charge in [0.1, 0.15) is 5.69 Å². The number of benzene rings is 2. The fourth-order valence-electron chi connectivity index (χ4n) is 1.58. The zero-order valence-corrected chi connectivity index (χ0v) is 10.9. The Balaban J connectivity index is 2.41. The molecule has 0 aromatic heterocycles. The molecule has 0 spiro atoms. The van der Waals surface area contributed by atoms with E-state index in [4.69, 9.17) is 17.3 Å². The summed E-state index contributed by atoms with van der Waals surface area (Å²) in [7, 11) is 0. The molecule has 0 radical (unpaired) electrons. The standard InChI is InChI=1S/C13H7ClF4N2O/c14-7-3-5(19)1-2-6(7)13(21)20-12-10(17)8(15)4-9(16)11(12)18/h1-4H,19H2,(H,20,21). The maximum absolute atomic E-state index is 13.4. The van der Waals surface area contributed by atoms with Crippen molar-refractivity contribution in [1.29, 1.82) is 0 Å². The van der Waals surface area contributed by atoms with Crippen molar-refractivity contribution in [2.45, 2.75) is 0 Å². The first kappa shape index (κ1) is 15.1. The molecule has 0 saturated heterocycles. The molecule has 2 aromatic rings. The number of hydrogen-bond acceptors (Lipinski definition) is 2. The molecule has 0 saturated carbocycles. The Bertz CT molecular complexity index is 710. The summed E-state index contributed by atoms with van der Waals surface area (Å²) in [5, 5.41) is 1.66. The first-order valence-corrected chi connectivity index (χ1v) is 5.88. The molecule has 2 aromatic carbocycles. The molecule has 0 unspecified atom stereocenters. The number of rotatable bonds is 2. The quantitative estimate of drug-likeness (QED) is 0.503. The van der Waals surface area contributed by atoms with Crippen LogP contribution in [-0.4, -0.2) is 5.91 Å². The molecule has 0 aliphatic rings. The van der Waals surface area contributed by atoms with E-state index in [1.807, 2.05) is 0 Å². The Morgan fingerprint density at radius 1 is 1.05 bits per heavy atom. The number of amides is 1. The van der Waals surface area contributed by atoms with Gasteiger partial charge in [0.2, 0.25) is 0 Å². The lowest BCUT2D eigenvalue weighted by molar-refractivity contribution is 0.102. The lowest BCUT2D eigenvalue weighted by atomic mass is 10.2. The van der Waals surface area contributed by atoms with Gasteiger partial charge in [0, 0.05) is 11.8 Å². The second-order valence-corrected chi connectivity index (χ2v) is 4.44. The minimum Gasteiger partial charge on any atom is -0.399 e. The number of nitrogen functional groups attached to an aromatic ring is 1. The summed E-state index contributed by atoms with van der Waals surface area (Å²) >= 11 is 5.76. The zero-order chi connectivity index (χ0) is 15.7. The third-order valence-corrected chi connectivity index (χ3v) is 2.90. The second-order valence-electron chi connectivity index (χ2n) is 4.04. The molecule has 0 atom stereocenters. The van der Waals surface area contributed by atoms with Gasteiger partial charge in [0.05, 0.1) is 10.6 Å². The number of hydrogen-bond donors (Lipinski definition) is 2. The molecular weight excluding hydrogens is 312 g/mol. The number of carbonyl (C=O) groups is 1. The second kappa shape index (κ2) is 5.61. The summed E-state index contributed by atoms with van der Waals surface area (Å²) in [5.74, 6) is -7.73. The van der Waals surface area contributed by atoms with Gasteiger partial charge in [-0.05, 0) is 18.2 Å². The van der Waals surface area contributed by atoms with Gasteiger partial charge in [0.25, 0.3) is 5.91 Å². The highest BCUT2D eigenvalue weighted by Gasteiger charge is 2.22. The first-order valence-electron chi connectivity index (χ1n) is 5.50. The van der Waals surface area contributed by atoms with Crippen molar-refractivity contribution in [3.8, 4) is 0 Å². The van der Waals surface area contributed by atoms with Crippen molar-refractivity contribution < 1.29 is 22.4 Å². The Kier molecular flexibility index (Phi) is 4.04. The molecule has 0 aliphatic heterocycles. The maximum Gasteiger partial charge on any atom is 0.257 e. The predicted molar refractivity (Wildman–Crippen MR) is 70.1 cm³/mol. The Morgan fingerprint density at radius 2 is 1.62 bits per heavy atom. The van der Waals surface area contributed by atoms with Gasteiger partial charge in [-0.2, -0.15) is 0 Å². The van der Waals surface area contributed by atoms with Crippen molar-refractivity contribution in [2.24, 2.45) is 0 Å². The van der Waals surface area contributed by atoms with Gasteiger partial charge in [0.15, 0.2) is 23.3 Å². The van der Waals surface area contributed by atoms with E-state index in [2.05, 4.69) is 0 Å². The van der Waals surface area contributed by atoms with Crippen LogP contribution in [0.5, 0.6) is 0 Å². The van der Waals surface area contributed by atoms with E-state index in [-0.39, 0.29) is 22.3 Å². The number of nitrogens with one attached hydrogen (secondary N) is 1. The summed E-state index contributed by atoms with van der Waals surface area (Å²) < 4.78 is 52.9. The first-order chi connectivity index (χ1) is 9.81. The number of carbonyl (C=O) groups excluding carboxylic acids is 1. The van der Waals surface area contributed by atoms with Crippen molar-refractivity contribution in [3.63, 3.8) is 0 Å². The minimum atomic E-state index is -1.71. The van der Waals surface area contributed by atoms with Crippen molar-refractivity contribution in [2.75, 3.05) is 11.1 Å². The molecule has 0 heterocycles. The van der Waals surface area contributed by atoms with Gasteiger partial charge >= 0.3 is 0 Å². The van der Waals surface area contributed by atoms with Crippen LogP contribution in [0, 0.1) is 23.3 Å². The van der Waals surface area contributed by atoms with E-state index >= 15 is 0 Å². The average molecular weight is 319 g/mol. The van der Waals surface area contributed by atoms with E-state index in [1.165, 1.54) is 18.2 Å². The molecular formula is C13H7ClF4N2O. The smallest absolute Gasteiger partial charge is 0.257 e. The van der Waals surface area contributed by atoms with Crippen molar-refractivity contribution in [3.05, 3.63) is 58.1 Å². The van der Waals surface area contributed by atoms with Crippen LogP contribution in [0.25, 0.3) is 0 Å². The molecule has 110 valence electrons. The summed E-state index contributed by atoms with van der Waals surface area (Å²) in [6.45, 7) is 0. The van der Waals surface area contributed by atoms with Crippen molar-refractivity contribution >= 4 is 28.9 Å². The van der Waals surface area contributed by atoms with Gasteiger partial charge in [-0.15, -0.1) is 0 Å². The lowest BCUT2D eigenvalue weighted by Crippen LogP contribution is -2.16. The van der Waals surface area contributed by atoms with Crippen LogP contribution in [0.3, 0.4) is 0 Å². The molecule has 0 aliphatic carbocycles. The third kappa shape index (κ3) is 2.92. The van der Waals surface area contributed by atoms with Gasteiger partial charge in [-0.3, -0.25) is 4.79 Å². The Morgan fingerprint density at radius 3 is 2.14 bits per heavy atom. The van der Waals surface area contributed by atoms with Crippen molar-refractivity contribution in [1.82, 2.24) is 0 Å². The summed E-state index contributed by atoms with van der Waals surface area (Å²) in [6, 6.07) is 3.82. The van der Waals surface area contributed by atoms with Crippen LogP contribution in [0.1, 0.15) is 10.4 Å². The number of halogens is 5. The molecule has 0 fully saturated rings. The van der Waals surface area contributed by atoms with Gasteiger partial charge in [-0.1, -0.05) is 11.6 Å². The summed E-state index contributed by atoms with van der Waals surface area (Å²) in [4.78, 5) is 11.9. The van der Waals surface area contributed by atoms with Crippen LogP contribution in [0.2, 0.25) is 5.02 Å². The van der Waals surface area contributed by atoms with E-state index in [1.54, 1.807) is 5.32 Å². The largest absolute Gasteiger partial charge is 0.399 e. The third-order valence-electron chi connectivity index (χ3n) is 2.59. The number of nitrogens with two attached hydrogens (primary N) is 1. The van der Waals surface area contributed by atoms with Crippen LogP contribution in [-0.2, 0) is 0 Å². The number of anilines is 2. The van der Waals surface area contributed by atoms with E-state index < -0.39 is 34.9 Å². The summed E-state index contributed by atoms with van der Waals surface area (Å²) in [6.07, 6.45) is 0. The molecule has 21 heavy (non-hydrogen) atoms. The Hall–Kier alpha value is -2.28. The van der Waals surface area contributed by atoms with Crippen LogP contribution in [0.15, 0.2) is 24.3 Å². The molecule has 3 N–H and O–H groups in total. The molecule has 2 rings (SSSR count). The highest BCUT2D eigenvalue weighted by molar-refractivity contribution is 6.34. The fraction of sp³-hybridized carbons (Fsp3) is 0. The van der Waals surface area contributed by atoms with Crippen LogP contribution < -0.4 is 11.1 Å². The van der Waals surface area contributed by atoms with E-state index in [9.17, 15) is 22.4 Å². The minimum absolute atomic E-state index is 0.0382. The molecule has 1 amide bonds. The fourth-order valence-corrected chi connectivity index (χ4v) is 1.85. The lowest BCUT2D eigenvalue weighted by Gasteiger charge is -2.10. The van der Waals surface area contributed by atoms with Crippen LogP contribution >= 0.6 is 11.6 Å². The average Bonchev–Trinajstić information content (AvgIpc) is 2.41. The molecule has 3 nitrogen and oxygen atoms in total. The van der Waals surface area contributed by atoms with Gasteiger partial charge in [-0.25, -0.2) is 17.6 Å². The van der Waals surface area contributed by atoms with E-state index in [0.29, 0.717) is 0 Å². The van der Waals surface area contributed by atoms with Crippen LogP contribution in [0.4, 0.5) is 28.9 Å². The normalized spacial score (nSPS) is 10.5. The topological polar surface area (TPSA) is 55.1 Å².